The van der Waals surface area contributed by atoms with Crippen LogP contribution in [0.2, 0.25) is 5.02 Å². The molecule has 0 amide bonds. The van der Waals surface area contributed by atoms with E-state index in [1.165, 1.54) is 12.1 Å². The van der Waals surface area contributed by atoms with Crippen LogP contribution < -0.4 is 5.73 Å². The van der Waals surface area contributed by atoms with E-state index in [1.54, 1.807) is 0 Å². The van der Waals surface area contributed by atoms with Crippen LogP contribution in [0.25, 0.3) is 0 Å². The van der Waals surface area contributed by atoms with Crippen LogP contribution in [0.1, 0.15) is 11.6 Å². The van der Waals surface area contributed by atoms with Crippen molar-refractivity contribution in [3.05, 3.63) is 33.0 Å². The topological polar surface area (TPSA) is 46.2 Å². The molecule has 0 aliphatic rings. The Bertz CT molecular complexity index is 321. The predicted octanol–water partition coefficient (Wildman–Crippen LogP) is 2.23. The second-order valence-corrected chi connectivity index (χ2v) is 3.75. The normalized spacial score (nSPS) is 13.0. The lowest BCUT2D eigenvalue weighted by atomic mass is 10.1. The molecule has 0 radical (unpaired) electrons. The first-order valence-corrected chi connectivity index (χ1v) is 4.75. The third-order valence-electron chi connectivity index (χ3n) is 1.65. The number of halogens is 3. The van der Waals surface area contributed by atoms with Gasteiger partial charge in [0.15, 0.2) is 0 Å². The molecule has 5 heteroatoms. The van der Waals surface area contributed by atoms with Gasteiger partial charge in [-0.05, 0) is 28.1 Å². The van der Waals surface area contributed by atoms with Crippen molar-refractivity contribution in [2.75, 3.05) is 6.61 Å². The van der Waals surface area contributed by atoms with E-state index < -0.39 is 11.9 Å². The van der Waals surface area contributed by atoms with Crippen LogP contribution in [-0.4, -0.2) is 11.7 Å². The number of hydrogen-bond acceptors (Lipinski definition) is 2. The fourth-order valence-corrected chi connectivity index (χ4v) is 2.03. The summed E-state index contributed by atoms with van der Waals surface area (Å²) in [7, 11) is 0. The van der Waals surface area contributed by atoms with E-state index in [9.17, 15) is 4.39 Å². The molecule has 0 bridgehead atoms. The molecule has 2 nitrogen and oxygen atoms in total. The predicted molar refractivity (Wildman–Crippen MR) is 53.1 cm³/mol. The molecule has 13 heavy (non-hydrogen) atoms. The van der Waals surface area contributed by atoms with E-state index in [2.05, 4.69) is 15.9 Å². The summed E-state index contributed by atoms with van der Waals surface area (Å²) in [4.78, 5) is 0. The Morgan fingerprint density at radius 1 is 1.62 bits per heavy atom. The highest BCUT2D eigenvalue weighted by atomic mass is 79.9. The zero-order valence-electron chi connectivity index (χ0n) is 6.60. The standard InChI is InChI=1S/C8H8BrClFNO/c9-8-5(11)2-1-4(10)7(8)6(12)3-13/h1-2,6,13H,3,12H2/t6-/m1/s1. The Morgan fingerprint density at radius 2 is 2.23 bits per heavy atom. The van der Waals surface area contributed by atoms with Gasteiger partial charge in [-0.3, -0.25) is 0 Å². The molecule has 0 aliphatic carbocycles. The Hall–Kier alpha value is -0.160. The maximum Gasteiger partial charge on any atom is 0.137 e. The van der Waals surface area contributed by atoms with Crippen LogP contribution in [0, 0.1) is 5.82 Å². The lowest BCUT2D eigenvalue weighted by Crippen LogP contribution is -2.16. The van der Waals surface area contributed by atoms with E-state index in [4.69, 9.17) is 22.4 Å². The van der Waals surface area contributed by atoms with Gasteiger partial charge in [0.2, 0.25) is 0 Å². The van der Waals surface area contributed by atoms with Crippen molar-refractivity contribution in [1.29, 1.82) is 0 Å². The molecule has 0 heterocycles. The van der Waals surface area contributed by atoms with Crippen LogP contribution in [0.4, 0.5) is 4.39 Å². The molecule has 1 atom stereocenters. The maximum atomic E-state index is 13.0. The van der Waals surface area contributed by atoms with E-state index in [0.717, 1.165) is 0 Å². The number of aliphatic hydroxyl groups is 1. The second kappa shape index (κ2) is 4.37. The highest BCUT2D eigenvalue weighted by molar-refractivity contribution is 9.10. The van der Waals surface area contributed by atoms with E-state index in [1.807, 2.05) is 0 Å². The molecule has 1 rings (SSSR count). The molecule has 1 aromatic rings. The molecule has 0 saturated heterocycles. The molecule has 3 N–H and O–H groups in total. The van der Waals surface area contributed by atoms with Crippen LogP contribution >= 0.6 is 27.5 Å². The highest BCUT2D eigenvalue weighted by Gasteiger charge is 2.15. The van der Waals surface area contributed by atoms with Crippen molar-refractivity contribution in [2.45, 2.75) is 6.04 Å². The molecule has 0 saturated carbocycles. The smallest absolute Gasteiger partial charge is 0.137 e. The first-order valence-electron chi connectivity index (χ1n) is 3.57. The number of aliphatic hydroxyl groups excluding tert-OH is 1. The van der Waals surface area contributed by atoms with E-state index >= 15 is 0 Å². The summed E-state index contributed by atoms with van der Waals surface area (Å²) in [6.45, 7) is -0.276. The highest BCUT2D eigenvalue weighted by Crippen LogP contribution is 2.31. The quantitative estimate of drug-likeness (QED) is 0.808. The van der Waals surface area contributed by atoms with Crippen molar-refractivity contribution < 1.29 is 9.50 Å². The summed E-state index contributed by atoms with van der Waals surface area (Å²) < 4.78 is 13.2. The van der Waals surface area contributed by atoms with Crippen molar-refractivity contribution in [3.8, 4) is 0 Å². The Labute approximate surface area is 88.6 Å². The van der Waals surface area contributed by atoms with Crippen LogP contribution in [-0.2, 0) is 0 Å². The summed E-state index contributed by atoms with van der Waals surface area (Å²) in [6, 6.07) is 1.98. The molecule has 1 aromatic carbocycles. The number of benzene rings is 1. The third kappa shape index (κ3) is 2.20. The largest absolute Gasteiger partial charge is 0.394 e. The Balaban J connectivity index is 3.25. The van der Waals surface area contributed by atoms with Crippen molar-refractivity contribution in [1.82, 2.24) is 0 Å². The van der Waals surface area contributed by atoms with Crippen LogP contribution in [0.5, 0.6) is 0 Å². The Morgan fingerprint density at radius 3 is 2.77 bits per heavy atom. The van der Waals surface area contributed by atoms with Crippen molar-refractivity contribution >= 4 is 27.5 Å². The molecular formula is C8H8BrClFNO. The monoisotopic (exact) mass is 267 g/mol. The van der Waals surface area contributed by atoms with Gasteiger partial charge in [-0.1, -0.05) is 11.6 Å². The lowest BCUT2D eigenvalue weighted by Gasteiger charge is -2.13. The van der Waals surface area contributed by atoms with Gasteiger partial charge in [0.1, 0.15) is 5.82 Å². The molecule has 0 aromatic heterocycles. The number of nitrogens with two attached hydrogens (primary N) is 1. The van der Waals surface area contributed by atoms with Gasteiger partial charge in [-0.25, -0.2) is 4.39 Å². The maximum absolute atomic E-state index is 13.0. The van der Waals surface area contributed by atoms with Gasteiger partial charge in [0, 0.05) is 10.6 Å². The molecule has 0 aliphatic heterocycles. The fraction of sp³-hybridized carbons (Fsp3) is 0.250. The fourth-order valence-electron chi connectivity index (χ4n) is 0.974. The second-order valence-electron chi connectivity index (χ2n) is 2.55. The summed E-state index contributed by atoms with van der Waals surface area (Å²) in [6.07, 6.45) is 0. The van der Waals surface area contributed by atoms with Gasteiger partial charge < -0.3 is 10.8 Å². The zero-order valence-corrected chi connectivity index (χ0v) is 8.94. The molecule has 0 fully saturated rings. The summed E-state index contributed by atoms with van der Waals surface area (Å²) in [5.41, 5.74) is 5.93. The minimum atomic E-state index is -0.669. The van der Waals surface area contributed by atoms with Crippen LogP contribution in [0.15, 0.2) is 16.6 Å². The van der Waals surface area contributed by atoms with Crippen molar-refractivity contribution in [2.24, 2.45) is 5.73 Å². The minimum Gasteiger partial charge on any atom is -0.394 e. The van der Waals surface area contributed by atoms with Gasteiger partial charge in [0.25, 0.3) is 0 Å². The van der Waals surface area contributed by atoms with E-state index in [0.29, 0.717) is 10.6 Å². The SMILES string of the molecule is N[C@H](CO)c1c(Cl)ccc(F)c1Br. The third-order valence-corrected chi connectivity index (χ3v) is 2.78. The first kappa shape index (κ1) is 10.9. The summed E-state index contributed by atoms with van der Waals surface area (Å²) >= 11 is 8.81. The van der Waals surface area contributed by atoms with Crippen molar-refractivity contribution in [3.63, 3.8) is 0 Å². The average molecular weight is 269 g/mol. The molecular weight excluding hydrogens is 260 g/mol. The zero-order chi connectivity index (χ0) is 10.0. The molecule has 0 spiro atoms. The number of rotatable bonds is 2. The first-order chi connectivity index (χ1) is 6.07. The summed E-state index contributed by atoms with van der Waals surface area (Å²) in [5, 5.41) is 9.14. The Kier molecular flexibility index (Phi) is 3.67. The minimum absolute atomic E-state index is 0.210. The van der Waals surface area contributed by atoms with Gasteiger partial charge in [-0.15, -0.1) is 0 Å². The lowest BCUT2D eigenvalue weighted by molar-refractivity contribution is 0.267. The summed E-state index contributed by atoms with van der Waals surface area (Å²) in [5.74, 6) is -0.441. The van der Waals surface area contributed by atoms with Crippen LogP contribution in [0.3, 0.4) is 0 Å². The molecule has 72 valence electrons. The van der Waals surface area contributed by atoms with Gasteiger partial charge in [0.05, 0.1) is 17.1 Å². The van der Waals surface area contributed by atoms with Gasteiger partial charge >= 0.3 is 0 Å². The van der Waals surface area contributed by atoms with E-state index in [-0.39, 0.29) is 11.1 Å². The van der Waals surface area contributed by atoms with Gasteiger partial charge in [-0.2, -0.15) is 0 Å². The molecule has 0 unspecified atom stereocenters. The number of hydrogen-bond donors (Lipinski definition) is 2. The average Bonchev–Trinajstić information content (AvgIpc) is 2.12.